The molecular weight excluding hydrogens is 252 g/mol. The number of hydrogen-bond donors (Lipinski definition) is 1. The highest BCUT2D eigenvalue weighted by Crippen LogP contribution is 2.16. The van der Waals surface area contributed by atoms with Crippen molar-refractivity contribution in [3.8, 4) is 0 Å². The molecule has 1 amide bonds. The quantitative estimate of drug-likeness (QED) is 0.737. The molecule has 0 unspecified atom stereocenters. The van der Waals surface area contributed by atoms with Gasteiger partial charge in [-0.05, 0) is 30.3 Å². The molecule has 20 heavy (non-hydrogen) atoms. The number of aromatic nitrogens is 1. The summed E-state index contributed by atoms with van der Waals surface area (Å²) in [5.74, 6) is 0.412. The maximum absolute atomic E-state index is 11.8. The molecule has 0 spiro atoms. The summed E-state index contributed by atoms with van der Waals surface area (Å²) in [4.78, 5) is 16.1. The fourth-order valence-electron chi connectivity index (χ4n) is 1.87. The molecule has 2 aromatic heterocycles. The van der Waals surface area contributed by atoms with E-state index in [4.69, 9.17) is 4.42 Å². The Balaban J connectivity index is 1.74. The number of para-hydroxylation sites is 1. The molecule has 0 saturated heterocycles. The van der Waals surface area contributed by atoms with Crippen molar-refractivity contribution < 1.29 is 9.21 Å². The van der Waals surface area contributed by atoms with E-state index in [1.807, 2.05) is 30.3 Å². The molecule has 0 fully saturated rings. The molecule has 1 aromatic carbocycles. The molecule has 98 valence electrons. The van der Waals surface area contributed by atoms with Crippen LogP contribution < -0.4 is 5.32 Å². The summed E-state index contributed by atoms with van der Waals surface area (Å²) in [5, 5.41) is 3.75. The number of pyridine rings is 1. The van der Waals surface area contributed by atoms with Crippen molar-refractivity contribution in [3.05, 3.63) is 66.8 Å². The highest BCUT2D eigenvalue weighted by atomic mass is 16.3. The zero-order chi connectivity index (χ0) is 13.8. The zero-order valence-electron chi connectivity index (χ0n) is 10.6. The van der Waals surface area contributed by atoms with Crippen molar-refractivity contribution in [1.82, 2.24) is 4.98 Å². The highest BCUT2D eigenvalue weighted by molar-refractivity contribution is 6.02. The van der Waals surface area contributed by atoms with Gasteiger partial charge in [0.15, 0.2) is 0 Å². The van der Waals surface area contributed by atoms with Gasteiger partial charge in [-0.15, -0.1) is 0 Å². The van der Waals surface area contributed by atoms with Gasteiger partial charge in [0.1, 0.15) is 5.76 Å². The van der Waals surface area contributed by atoms with Gasteiger partial charge in [-0.25, -0.2) is 0 Å². The molecule has 4 nitrogen and oxygen atoms in total. The number of benzene rings is 1. The second-order valence-electron chi connectivity index (χ2n) is 4.25. The molecule has 3 rings (SSSR count). The van der Waals surface area contributed by atoms with Gasteiger partial charge in [-0.3, -0.25) is 9.78 Å². The Hall–Kier alpha value is -2.88. The second-order valence-corrected chi connectivity index (χ2v) is 4.25. The molecule has 0 aliphatic rings. The van der Waals surface area contributed by atoms with E-state index in [0.29, 0.717) is 11.4 Å². The zero-order valence-corrected chi connectivity index (χ0v) is 10.6. The number of rotatable bonds is 3. The molecule has 3 aromatic rings. The van der Waals surface area contributed by atoms with Gasteiger partial charge < -0.3 is 9.73 Å². The topological polar surface area (TPSA) is 55.1 Å². The van der Waals surface area contributed by atoms with Crippen molar-refractivity contribution in [2.24, 2.45) is 0 Å². The predicted octanol–water partition coefficient (Wildman–Crippen LogP) is 3.48. The molecule has 0 atom stereocenters. The third-order valence-corrected chi connectivity index (χ3v) is 2.80. The predicted molar refractivity (Wildman–Crippen MR) is 78.1 cm³/mol. The van der Waals surface area contributed by atoms with E-state index < -0.39 is 0 Å². The van der Waals surface area contributed by atoms with Crippen LogP contribution >= 0.6 is 0 Å². The molecule has 0 radical (unpaired) electrons. The van der Waals surface area contributed by atoms with Crippen molar-refractivity contribution in [2.45, 2.75) is 0 Å². The Labute approximate surface area is 115 Å². The summed E-state index contributed by atoms with van der Waals surface area (Å²) in [5.41, 5.74) is 1.56. The maximum atomic E-state index is 11.8. The van der Waals surface area contributed by atoms with E-state index in [9.17, 15) is 4.79 Å². The van der Waals surface area contributed by atoms with Gasteiger partial charge in [0, 0.05) is 11.5 Å². The monoisotopic (exact) mass is 264 g/mol. The first-order chi connectivity index (χ1) is 9.81. The number of anilines is 1. The number of amides is 1. The van der Waals surface area contributed by atoms with E-state index in [0.717, 1.165) is 10.9 Å². The minimum absolute atomic E-state index is 0.224. The molecular formula is C16H12N2O2. The van der Waals surface area contributed by atoms with Crippen LogP contribution in [0.15, 0.2) is 65.4 Å². The van der Waals surface area contributed by atoms with Crippen molar-refractivity contribution in [1.29, 1.82) is 0 Å². The molecule has 0 bridgehead atoms. The molecule has 2 heterocycles. The summed E-state index contributed by atoms with van der Waals surface area (Å²) in [7, 11) is 0. The van der Waals surface area contributed by atoms with Crippen molar-refractivity contribution in [2.75, 3.05) is 5.32 Å². The van der Waals surface area contributed by atoms with Crippen LogP contribution in [0.5, 0.6) is 0 Å². The first-order valence-corrected chi connectivity index (χ1v) is 6.19. The van der Waals surface area contributed by atoms with E-state index in [2.05, 4.69) is 10.3 Å². The number of furan rings is 1. The third kappa shape index (κ3) is 2.75. The molecule has 0 saturated carbocycles. The maximum Gasteiger partial charge on any atom is 0.248 e. The van der Waals surface area contributed by atoms with E-state index in [1.165, 1.54) is 6.08 Å². The number of nitrogens with one attached hydrogen (secondary N) is 1. The minimum Gasteiger partial charge on any atom is -0.465 e. The van der Waals surface area contributed by atoms with Gasteiger partial charge in [-0.1, -0.05) is 18.2 Å². The van der Waals surface area contributed by atoms with E-state index >= 15 is 0 Å². The lowest BCUT2D eigenvalue weighted by Crippen LogP contribution is -2.07. The molecule has 1 N–H and O–H groups in total. The summed E-state index contributed by atoms with van der Waals surface area (Å²) >= 11 is 0. The Bertz CT molecular complexity index is 761. The van der Waals surface area contributed by atoms with Crippen LogP contribution in [0.1, 0.15) is 5.76 Å². The highest BCUT2D eigenvalue weighted by Gasteiger charge is 2.00. The number of carbonyl (C=O) groups excluding carboxylic acids is 1. The fourth-order valence-corrected chi connectivity index (χ4v) is 1.87. The average Bonchev–Trinajstić information content (AvgIpc) is 2.98. The summed E-state index contributed by atoms with van der Waals surface area (Å²) in [6.07, 6.45) is 6.24. The number of hydrogen-bond acceptors (Lipinski definition) is 3. The average molecular weight is 264 g/mol. The lowest BCUT2D eigenvalue weighted by molar-refractivity contribution is -0.111. The number of nitrogens with zero attached hydrogens (tertiary/aromatic N) is 1. The summed E-state index contributed by atoms with van der Waals surface area (Å²) < 4.78 is 5.11. The van der Waals surface area contributed by atoms with Gasteiger partial charge >= 0.3 is 0 Å². The number of carbonyl (C=O) groups is 1. The van der Waals surface area contributed by atoms with Crippen LogP contribution in [-0.2, 0) is 4.79 Å². The largest absolute Gasteiger partial charge is 0.465 e. The van der Waals surface area contributed by atoms with Crippen molar-refractivity contribution in [3.63, 3.8) is 0 Å². The molecule has 0 aliphatic carbocycles. The van der Waals surface area contributed by atoms with Gasteiger partial charge in [0.25, 0.3) is 0 Å². The first kappa shape index (κ1) is 12.2. The SMILES string of the molecule is O=C(/C=C\c1ccco1)Nc1cnc2ccccc2c1. The number of fused-ring (bicyclic) bond motifs is 1. The van der Waals surface area contributed by atoms with Gasteiger partial charge in [0.05, 0.1) is 23.7 Å². The molecule has 0 aliphatic heterocycles. The van der Waals surface area contributed by atoms with E-state index in [1.54, 1.807) is 30.7 Å². The van der Waals surface area contributed by atoms with E-state index in [-0.39, 0.29) is 5.91 Å². The third-order valence-electron chi connectivity index (χ3n) is 2.80. The van der Waals surface area contributed by atoms with Crippen LogP contribution in [0, 0.1) is 0 Å². The van der Waals surface area contributed by atoms with Crippen LogP contribution in [0.25, 0.3) is 17.0 Å². The fraction of sp³-hybridized carbons (Fsp3) is 0. The smallest absolute Gasteiger partial charge is 0.248 e. The van der Waals surface area contributed by atoms with Crippen LogP contribution in [0.3, 0.4) is 0 Å². The Morgan fingerprint density at radius 1 is 1.20 bits per heavy atom. The van der Waals surface area contributed by atoms with Crippen LogP contribution in [0.2, 0.25) is 0 Å². The molecule has 4 heteroatoms. The Morgan fingerprint density at radius 2 is 2.10 bits per heavy atom. The second kappa shape index (κ2) is 5.40. The van der Waals surface area contributed by atoms with Crippen LogP contribution in [-0.4, -0.2) is 10.9 Å². The Morgan fingerprint density at radius 3 is 2.95 bits per heavy atom. The Kier molecular flexibility index (Phi) is 3.29. The first-order valence-electron chi connectivity index (χ1n) is 6.19. The lowest BCUT2D eigenvalue weighted by atomic mass is 10.2. The van der Waals surface area contributed by atoms with Gasteiger partial charge in [0.2, 0.25) is 5.91 Å². The lowest BCUT2D eigenvalue weighted by Gasteiger charge is -2.03. The summed E-state index contributed by atoms with van der Waals surface area (Å²) in [6.45, 7) is 0. The van der Waals surface area contributed by atoms with Crippen LogP contribution in [0.4, 0.5) is 5.69 Å². The minimum atomic E-state index is -0.224. The normalized spacial score (nSPS) is 11.0. The van der Waals surface area contributed by atoms with Gasteiger partial charge in [-0.2, -0.15) is 0 Å². The standard InChI is InChI=1S/C16H12N2O2/c19-16(8-7-14-5-3-9-20-14)18-13-10-12-4-1-2-6-15(12)17-11-13/h1-11H,(H,18,19)/b8-7-. The van der Waals surface area contributed by atoms with Crippen molar-refractivity contribution >= 4 is 28.6 Å². The summed E-state index contributed by atoms with van der Waals surface area (Å²) in [6, 6.07) is 13.2.